The molecule has 2 aromatic rings. The zero-order valence-electron chi connectivity index (χ0n) is 16.2. The SMILES string of the molecule is Cc1ccc(OCC2(O)CCCN(C(=O)Cc3c(F)cccc3Cl)C2)cc1C. The first kappa shape index (κ1) is 20.6. The molecule has 0 radical (unpaired) electrons. The number of carbonyl (C=O) groups is 1. The number of hydrogen-bond donors (Lipinski definition) is 1. The molecule has 0 aliphatic carbocycles. The third-order valence-electron chi connectivity index (χ3n) is 5.28. The highest BCUT2D eigenvalue weighted by molar-refractivity contribution is 6.31. The molecule has 1 atom stereocenters. The van der Waals surface area contributed by atoms with Crippen LogP contribution in [0.25, 0.3) is 0 Å². The number of piperidine rings is 1. The minimum Gasteiger partial charge on any atom is -0.491 e. The number of β-amino-alcohol motifs (C(OH)–C–C–N with tert-alkyl or cyclic N) is 1. The number of benzene rings is 2. The van der Waals surface area contributed by atoms with E-state index in [1.165, 1.54) is 17.7 Å². The van der Waals surface area contributed by atoms with Gasteiger partial charge in [-0.05, 0) is 62.1 Å². The van der Waals surface area contributed by atoms with E-state index in [0.717, 1.165) is 5.56 Å². The molecule has 0 spiro atoms. The van der Waals surface area contributed by atoms with E-state index in [2.05, 4.69) is 0 Å². The van der Waals surface area contributed by atoms with Crippen molar-refractivity contribution < 1.29 is 19.0 Å². The molecular formula is C22H25ClFNO3. The second-order valence-corrected chi connectivity index (χ2v) is 7.96. The van der Waals surface area contributed by atoms with Gasteiger partial charge in [0.15, 0.2) is 0 Å². The Kier molecular flexibility index (Phi) is 6.26. The van der Waals surface area contributed by atoms with Crippen molar-refractivity contribution in [1.29, 1.82) is 0 Å². The van der Waals surface area contributed by atoms with Gasteiger partial charge in [-0.3, -0.25) is 4.79 Å². The van der Waals surface area contributed by atoms with Gasteiger partial charge in [-0.1, -0.05) is 23.7 Å². The van der Waals surface area contributed by atoms with Crippen LogP contribution in [0.15, 0.2) is 36.4 Å². The Morgan fingerprint density at radius 1 is 1.29 bits per heavy atom. The number of hydrogen-bond acceptors (Lipinski definition) is 3. The predicted octanol–water partition coefficient (Wildman–Crippen LogP) is 4.07. The topological polar surface area (TPSA) is 49.8 Å². The monoisotopic (exact) mass is 405 g/mol. The summed E-state index contributed by atoms with van der Waals surface area (Å²) in [5.41, 5.74) is 1.35. The summed E-state index contributed by atoms with van der Waals surface area (Å²) in [6.07, 6.45) is 1.07. The van der Waals surface area contributed by atoms with E-state index in [-0.39, 0.29) is 36.1 Å². The maximum Gasteiger partial charge on any atom is 0.227 e. The van der Waals surface area contributed by atoms with Crippen LogP contribution >= 0.6 is 11.6 Å². The summed E-state index contributed by atoms with van der Waals surface area (Å²) in [6.45, 7) is 4.81. The van der Waals surface area contributed by atoms with E-state index in [9.17, 15) is 14.3 Å². The van der Waals surface area contributed by atoms with Gasteiger partial charge in [0.25, 0.3) is 0 Å². The molecule has 28 heavy (non-hydrogen) atoms. The maximum atomic E-state index is 14.0. The summed E-state index contributed by atoms with van der Waals surface area (Å²) in [4.78, 5) is 14.2. The van der Waals surface area contributed by atoms with Crippen molar-refractivity contribution >= 4 is 17.5 Å². The number of ether oxygens (including phenoxy) is 1. The van der Waals surface area contributed by atoms with Crippen molar-refractivity contribution in [3.63, 3.8) is 0 Å². The van der Waals surface area contributed by atoms with Crippen molar-refractivity contribution in [3.8, 4) is 5.75 Å². The van der Waals surface area contributed by atoms with Crippen LogP contribution in [0.3, 0.4) is 0 Å². The van der Waals surface area contributed by atoms with Gasteiger partial charge >= 0.3 is 0 Å². The van der Waals surface area contributed by atoms with Crippen molar-refractivity contribution in [1.82, 2.24) is 4.90 Å². The fraction of sp³-hybridized carbons (Fsp3) is 0.409. The standard InChI is InChI=1S/C22H25ClFNO3/c1-15-7-8-17(11-16(15)2)28-14-22(27)9-4-10-25(13-22)21(26)12-18-19(23)5-3-6-20(18)24/h3,5-8,11,27H,4,9-10,12-14H2,1-2H3. The van der Waals surface area contributed by atoms with Gasteiger partial charge in [-0.2, -0.15) is 0 Å². The fourth-order valence-corrected chi connectivity index (χ4v) is 3.66. The molecule has 1 aliphatic heterocycles. The fourth-order valence-electron chi connectivity index (χ4n) is 3.43. The Hall–Kier alpha value is -2.11. The largest absolute Gasteiger partial charge is 0.491 e. The highest BCUT2D eigenvalue weighted by Crippen LogP contribution is 2.26. The molecule has 1 unspecified atom stereocenters. The van der Waals surface area contributed by atoms with E-state index in [0.29, 0.717) is 25.1 Å². The predicted molar refractivity (Wildman–Crippen MR) is 107 cm³/mol. The molecule has 1 aliphatic rings. The third kappa shape index (κ3) is 4.83. The molecule has 1 N–H and O–H groups in total. The smallest absolute Gasteiger partial charge is 0.227 e. The van der Waals surface area contributed by atoms with Gasteiger partial charge in [0, 0.05) is 17.1 Å². The molecule has 0 bridgehead atoms. The van der Waals surface area contributed by atoms with E-state index in [4.69, 9.17) is 16.3 Å². The molecule has 6 heteroatoms. The van der Waals surface area contributed by atoms with Crippen molar-refractivity contribution in [2.24, 2.45) is 0 Å². The van der Waals surface area contributed by atoms with Crippen LogP contribution in [0.1, 0.15) is 29.5 Å². The quantitative estimate of drug-likeness (QED) is 0.815. The number of carbonyl (C=O) groups excluding carboxylic acids is 1. The maximum absolute atomic E-state index is 14.0. The number of aryl methyl sites for hydroxylation is 2. The van der Waals surface area contributed by atoms with Gasteiger partial charge in [0.05, 0.1) is 13.0 Å². The van der Waals surface area contributed by atoms with Gasteiger partial charge < -0.3 is 14.7 Å². The number of amides is 1. The molecule has 1 fully saturated rings. The minimum atomic E-state index is -1.13. The van der Waals surface area contributed by atoms with Crippen LogP contribution in [-0.4, -0.2) is 41.2 Å². The lowest BCUT2D eigenvalue weighted by Gasteiger charge is -2.39. The first-order valence-corrected chi connectivity index (χ1v) is 9.78. The minimum absolute atomic E-state index is 0.0970. The molecule has 1 heterocycles. The summed E-state index contributed by atoms with van der Waals surface area (Å²) < 4.78 is 19.8. The van der Waals surface area contributed by atoms with Gasteiger partial charge in [0.2, 0.25) is 5.91 Å². The number of halogens is 2. The molecule has 2 aromatic carbocycles. The van der Waals surface area contributed by atoms with Crippen LogP contribution in [0, 0.1) is 19.7 Å². The Bertz CT molecular complexity index is 853. The molecule has 3 rings (SSSR count). The van der Waals surface area contributed by atoms with Crippen LogP contribution in [0.2, 0.25) is 5.02 Å². The van der Waals surface area contributed by atoms with Crippen molar-refractivity contribution in [3.05, 3.63) is 63.9 Å². The normalized spacial score (nSPS) is 19.5. The first-order valence-electron chi connectivity index (χ1n) is 9.40. The van der Waals surface area contributed by atoms with Crippen molar-refractivity contribution in [2.75, 3.05) is 19.7 Å². The number of likely N-dealkylation sites (tertiary alicyclic amines) is 1. The second kappa shape index (κ2) is 8.50. The Labute approximate surface area is 169 Å². The van der Waals surface area contributed by atoms with E-state index < -0.39 is 11.4 Å². The Morgan fingerprint density at radius 3 is 2.79 bits per heavy atom. The number of aliphatic hydroxyl groups is 1. The van der Waals surface area contributed by atoms with Gasteiger partial charge in [-0.15, -0.1) is 0 Å². The van der Waals surface area contributed by atoms with Gasteiger partial charge in [0.1, 0.15) is 23.8 Å². The summed E-state index contributed by atoms with van der Waals surface area (Å²) in [6, 6.07) is 10.1. The summed E-state index contributed by atoms with van der Waals surface area (Å²) in [5.74, 6) is -0.0550. The summed E-state index contributed by atoms with van der Waals surface area (Å²) in [7, 11) is 0. The molecule has 4 nitrogen and oxygen atoms in total. The number of nitrogens with zero attached hydrogens (tertiary/aromatic N) is 1. The molecule has 0 saturated carbocycles. The molecular weight excluding hydrogens is 381 g/mol. The zero-order chi connectivity index (χ0) is 20.3. The van der Waals surface area contributed by atoms with Crippen LogP contribution in [0.4, 0.5) is 4.39 Å². The Morgan fingerprint density at radius 2 is 2.07 bits per heavy atom. The van der Waals surface area contributed by atoms with Gasteiger partial charge in [-0.25, -0.2) is 4.39 Å². The molecule has 1 saturated heterocycles. The Balaban J connectivity index is 1.63. The average Bonchev–Trinajstić information content (AvgIpc) is 2.66. The average molecular weight is 406 g/mol. The summed E-state index contributed by atoms with van der Waals surface area (Å²) >= 11 is 6.03. The van der Waals surface area contributed by atoms with E-state index in [1.54, 1.807) is 11.0 Å². The number of rotatable bonds is 5. The van der Waals surface area contributed by atoms with Crippen LogP contribution < -0.4 is 4.74 Å². The lowest BCUT2D eigenvalue weighted by Crippen LogP contribution is -2.53. The lowest BCUT2D eigenvalue weighted by molar-refractivity contribution is -0.139. The second-order valence-electron chi connectivity index (χ2n) is 7.55. The molecule has 150 valence electrons. The highest BCUT2D eigenvalue weighted by atomic mass is 35.5. The lowest BCUT2D eigenvalue weighted by atomic mass is 9.93. The zero-order valence-corrected chi connectivity index (χ0v) is 16.9. The highest BCUT2D eigenvalue weighted by Gasteiger charge is 2.36. The van der Waals surface area contributed by atoms with Crippen LogP contribution in [0.5, 0.6) is 5.75 Å². The third-order valence-corrected chi connectivity index (χ3v) is 5.64. The van der Waals surface area contributed by atoms with Crippen LogP contribution in [-0.2, 0) is 11.2 Å². The molecule has 0 aromatic heterocycles. The van der Waals surface area contributed by atoms with Crippen molar-refractivity contribution in [2.45, 2.75) is 38.7 Å². The molecule has 1 amide bonds. The van der Waals surface area contributed by atoms with E-state index >= 15 is 0 Å². The summed E-state index contributed by atoms with van der Waals surface area (Å²) in [5, 5.41) is 11.2. The first-order chi connectivity index (χ1) is 13.3. The van der Waals surface area contributed by atoms with E-state index in [1.807, 2.05) is 32.0 Å².